The van der Waals surface area contributed by atoms with E-state index in [4.69, 9.17) is 9.47 Å². The van der Waals surface area contributed by atoms with Crippen LogP contribution in [0.4, 0.5) is 14.5 Å². The molecule has 0 aliphatic carbocycles. The second-order valence-electron chi connectivity index (χ2n) is 5.66. The molecule has 2 aromatic rings. The molecule has 134 valence electrons. The fourth-order valence-corrected chi connectivity index (χ4v) is 2.44. The van der Waals surface area contributed by atoms with Crippen LogP contribution in [0.3, 0.4) is 0 Å². The van der Waals surface area contributed by atoms with Gasteiger partial charge in [0.05, 0.1) is 27.0 Å². The van der Waals surface area contributed by atoms with Crippen LogP contribution >= 0.6 is 0 Å². The zero-order valence-electron chi connectivity index (χ0n) is 14.4. The number of hydrogen-bond acceptors (Lipinski definition) is 3. The Hall–Kier alpha value is -2.67. The molecule has 2 aromatic carbocycles. The molecule has 0 heterocycles. The van der Waals surface area contributed by atoms with Gasteiger partial charge in [-0.2, -0.15) is 0 Å². The SMILES string of the molecule is COc1ccc(C[NH+](C)CC(=O)Nc2ccc(F)cc2F)c(OC)c1. The summed E-state index contributed by atoms with van der Waals surface area (Å²) in [6, 6.07) is 8.49. The number of halogens is 2. The number of nitrogens with one attached hydrogen (secondary N) is 2. The van der Waals surface area contributed by atoms with Crippen LogP contribution in [0, 0.1) is 11.6 Å². The molecule has 0 aromatic heterocycles. The van der Waals surface area contributed by atoms with Crippen LogP contribution in [-0.4, -0.2) is 33.7 Å². The molecular formula is C18H21F2N2O3+. The molecule has 0 saturated heterocycles. The zero-order chi connectivity index (χ0) is 18.4. The van der Waals surface area contributed by atoms with Gasteiger partial charge in [0.1, 0.15) is 29.7 Å². The van der Waals surface area contributed by atoms with Crippen LogP contribution in [-0.2, 0) is 11.3 Å². The monoisotopic (exact) mass is 351 g/mol. The van der Waals surface area contributed by atoms with Gasteiger partial charge >= 0.3 is 0 Å². The number of likely N-dealkylation sites (N-methyl/N-ethyl adjacent to an activating group) is 1. The maximum Gasteiger partial charge on any atom is 0.279 e. The van der Waals surface area contributed by atoms with E-state index in [2.05, 4.69) is 5.32 Å². The highest BCUT2D eigenvalue weighted by atomic mass is 19.1. The minimum Gasteiger partial charge on any atom is -0.497 e. The summed E-state index contributed by atoms with van der Waals surface area (Å²) in [7, 11) is 4.98. The van der Waals surface area contributed by atoms with Crippen LogP contribution in [0.15, 0.2) is 36.4 Å². The highest BCUT2D eigenvalue weighted by Gasteiger charge is 2.15. The molecular weight excluding hydrogens is 330 g/mol. The third-order valence-corrected chi connectivity index (χ3v) is 3.65. The van der Waals surface area contributed by atoms with Crippen molar-refractivity contribution in [3.05, 3.63) is 53.6 Å². The normalized spacial score (nSPS) is 11.7. The molecule has 5 nitrogen and oxygen atoms in total. The lowest BCUT2D eigenvalue weighted by molar-refractivity contribution is -0.885. The molecule has 1 unspecified atom stereocenters. The van der Waals surface area contributed by atoms with E-state index >= 15 is 0 Å². The first-order valence-corrected chi connectivity index (χ1v) is 7.70. The van der Waals surface area contributed by atoms with Crippen LogP contribution in [0.1, 0.15) is 5.56 Å². The molecule has 0 spiro atoms. The minimum absolute atomic E-state index is 0.0405. The summed E-state index contributed by atoms with van der Waals surface area (Å²) in [6.07, 6.45) is 0. The van der Waals surface area contributed by atoms with Crippen molar-refractivity contribution < 1.29 is 27.9 Å². The molecule has 0 aliphatic heterocycles. The number of benzene rings is 2. The summed E-state index contributed by atoms with van der Waals surface area (Å²) in [5.74, 6) is -0.505. The lowest BCUT2D eigenvalue weighted by atomic mass is 10.2. The van der Waals surface area contributed by atoms with E-state index in [0.717, 1.165) is 22.6 Å². The maximum atomic E-state index is 13.6. The second kappa shape index (κ2) is 8.43. The van der Waals surface area contributed by atoms with Crippen molar-refractivity contribution in [3.63, 3.8) is 0 Å². The Labute approximate surface area is 145 Å². The third kappa shape index (κ3) is 5.15. The van der Waals surface area contributed by atoms with Gasteiger partial charge in [0.25, 0.3) is 5.91 Å². The first-order valence-electron chi connectivity index (χ1n) is 7.70. The van der Waals surface area contributed by atoms with E-state index < -0.39 is 11.6 Å². The van der Waals surface area contributed by atoms with Crippen LogP contribution in [0.5, 0.6) is 11.5 Å². The van der Waals surface area contributed by atoms with E-state index in [9.17, 15) is 13.6 Å². The highest BCUT2D eigenvalue weighted by Crippen LogP contribution is 2.23. The fraction of sp³-hybridized carbons (Fsp3) is 0.278. The molecule has 1 amide bonds. The van der Waals surface area contributed by atoms with E-state index in [0.29, 0.717) is 18.0 Å². The molecule has 2 rings (SSSR count). The number of methoxy groups -OCH3 is 2. The van der Waals surface area contributed by atoms with Gasteiger partial charge in [-0.3, -0.25) is 4.79 Å². The summed E-state index contributed by atoms with van der Waals surface area (Å²) in [5.41, 5.74) is 0.878. The summed E-state index contributed by atoms with van der Waals surface area (Å²) in [4.78, 5) is 12.9. The Kier molecular flexibility index (Phi) is 6.30. The average Bonchev–Trinajstić information content (AvgIpc) is 2.57. The van der Waals surface area contributed by atoms with Gasteiger partial charge in [0.15, 0.2) is 6.54 Å². The van der Waals surface area contributed by atoms with Gasteiger partial charge in [0.2, 0.25) is 0 Å². The Balaban J connectivity index is 1.97. The number of hydrogen-bond donors (Lipinski definition) is 2. The standard InChI is InChI=1S/C18H20F2N2O3/c1-22(10-12-4-6-14(24-2)9-17(12)25-3)11-18(23)21-16-7-5-13(19)8-15(16)20/h4-9H,10-11H2,1-3H3,(H,21,23)/p+1. The second-order valence-corrected chi connectivity index (χ2v) is 5.66. The summed E-state index contributed by atoms with van der Waals surface area (Å²) in [5, 5.41) is 2.45. The minimum atomic E-state index is -0.803. The van der Waals surface area contributed by atoms with Crippen molar-refractivity contribution in [3.8, 4) is 11.5 Å². The number of carbonyl (C=O) groups is 1. The maximum absolute atomic E-state index is 13.6. The first kappa shape index (κ1) is 18.7. The first-order chi connectivity index (χ1) is 11.9. The third-order valence-electron chi connectivity index (χ3n) is 3.65. The predicted octanol–water partition coefficient (Wildman–Crippen LogP) is 1.64. The molecule has 1 atom stereocenters. The van der Waals surface area contributed by atoms with Crippen molar-refractivity contribution in [1.29, 1.82) is 0 Å². The molecule has 0 saturated carbocycles. The molecule has 0 radical (unpaired) electrons. The lowest BCUT2D eigenvalue weighted by Gasteiger charge is -2.16. The smallest absolute Gasteiger partial charge is 0.279 e. The number of amides is 1. The summed E-state index contributed by atoms with van der Waals surface area (Å²) >= 11 is 0. The summed E-state index contributed by atoms with van der Waals surface area (Å²) in [6.45, 7) is 0.651. The Bertz CT molecular complexity index is 753. The molecule has 25 heavy (non-hydrogen) atoms. The number of anilines is 1. The lowest BCUT2D eigenvalue weighted by Crippen LogP contribution is -3.08. The van der Waals surface area contributed by atoms with Gasteiger partial charge in [-0.25, -0.2) is 8.78 Å². The molecule has 7 heteroatoms. The largest absolute Gasteiger partial charge is 0.497 e. The number of quaternary nitrogens is 1. The van der Waals surface area contributed by atoms with Crippen molar-refractivity contribution in [2.24, 2.45) is 0 Å². The van der Waals surface area contributed by atoms with E-state index in [1.54, 1.807) is 20.3 Å². The van der Waals surface area contributed by atoms with Crippen LogP contribution in [0.2, 0.25) is 0 Å². The van der Waals surface area contributed by atoms with Gasteiger partial charge in [-0.15, -0.1) is 0 Å². The van der Waals surface area contributed by atoms with Crippen molar-refractivity contribution in [2.75, 3.05) is 33.1 Å². The zero-order valence-corrected chi connectivity index (χ0v) is 14.4. The van der Waals surface area contributed by atoms with Gasteiger partial charge in [-0.1, -0.05) is 0 Å². The van der Waals surface area contributed by atoms with Crippen molar-refractivity contribution >= 4 is 11.6 Å². The Morgan fingerprint density at radius 2 is 1.88 bits per heavy atom. The van der Waals surface area contributed by atoms with E-state index in [1.807, 2.05) is 19.2 Å². The van der Waals surface area contributed by atoms with Gasteiger partial charge in [-0.05, 0) is 24.3 Å². The number of ether oxygens (including phenoxy) is 2. The molecule has 0 fully saturated rings. The fourth-order valence-electron chi connectivity index (χ4n) is 2.44. The Morgan fingerprint density at radius 3 is 2.52 bits per heavy atom. The topological polar surface area (TPSA) is 52.0 Å². The summed E-state index contributed by atoms with van der Waals surface area (Å²) < 4.78 is 37.0. The molecule has 0 bridgehead atoms. The van der Waals surface area contributed by atoms with E-state index in [1.165, 1.54) is 6.07 Å². The molecule has 0 aliphatic rings. The van der Waals surface area contributed by atoms with Crippen LogP contribution in [0.25, 0.3) is 0 Å². The van der Waals surface area contributed by atoms with Crippen molar-refractivity contribution in [1.82, 2.24) is 0 Å². The quantitative estimate of drug-likeness (QED) is 0.797. The number of carbonyl (C=O) groups excluding carboxylic acids is 1. The molecule has 2 N–H and O–H groups in total. The predicted molar refractivity (Wildman–Crippen MR) is 90.0 cm³/mol. The van der Waals surface area contributed by atoms with Gasteiger partial charge in [0, 0.05) is 17.7 Å². The van der Waals surface area contributed by atoms with Crippen LogP contribution < -0.4 is 19.7 Å². The number of rotatable bonds is 7. The van der Waals surface area contributed by atoms with E-state index in [-0.39, 0.29) is 18.1 Å². The van der Waals surface area contributed by atoms with Crippen molar-refractivity contribution in [2.45, 2.75) is 6.54 Å². The van der Waals surface area contributed by atoms with Gasteiger partial charge < -0.3 is 19.7 Å². The Morgan fingerprint density at radius 1 is 1.12 bits per heavy atom. The highest BCUT2D eigenvalue weighted by molar-refractivity contribution is 5.91. The average molecular weight is 351 g/mol.